The Kier molecular flexibility index (Phi) is 8.61. The van der Waals surface area contributed by atoms with E-state index in [-0.39, 0.29) is 28.5 Å². The number of hydrogen-bond donors (Lipinski definition) is 0. The van der Waals surface area contributed by atoms with Crippen molar-refractivity contribution in [2.24, 2.45) is 0 Å². The smallest absolute Gasteiger partial charge is 0.333 e. The lowest BCUT2D eigenvalue weighted by Crippen LogP contribution is -2.62. The first kappa shape index (κ1) is 39.3. The molecule has 0 saturated carbocycles. The molecule has 0 spiro atoms. The van der Waals surface area contributed by atoms with Gasteiger partial charge in [0, 0.05) is 39.3 Å². The van der Waals surface area contributed by atoms with E-state index in [0.29, 0.717) is 0 Å². The number of aryl methyl sites for hydroxylation is 1. The fourth-order valence-corrected chi connectivity index (χ4v) is 10.6. The summed E-state index contributed by atoms with van der Waals surface area (Å²) in [6.07, 6.45) is 0. The van der Waals surface area contributed by atoms with Gasteiger partial charge in [0.05, 0.1) is 5.69 Å². The molecule has 0 unspecified atom stereocenters. The molecule has 3 heteroatoms. The van der Waals surface area contributed by atoms with Gasteiger partial charge in [0.25, 0.3) is 0 Å². The highest BCUT2D eigenvalue weighted by molar-refractivity contribution is 6.93. The summed E-state index contributed by atoms with van der Waals surface area (Å²) in [7, 11) is 0. The van der Waals surface area contributed by atoms with Crippen LogP contribution < -0.4 is 20.6 Å². The van der Waals surface area contributed by atoms with Crippen LogP contribution in [0.2, 0.25) is 0 Å². The van der Waals surface area contributed by atoms with E-state index >= 15 is 0 Å². The Morgan fingerprint density at radius 1 is 0.475 bits per heavy atom. The van der Waals surface area contributed by atoms with Crippen LogP contribution in [-0.4, -0.2) is 6.85 Å². The summed E-state index contributed by atoms with van der Waals surface area (Å²) < 4.78 is 0. The summed E-state index contributed by atoms with van der Waals surface area (Å²) in [5, 5.41) is 0. The maximum atomic E-state index is 2.69. The molecule has 61 heavy (non-hydrogen) atoms. The lowest BCUT2D eigenvalue weighted by molar-refractivity contribution is 0.590. The minimum atomic E-state index is -0.247. The number of nitrogens with zero attached hydrogens (tertiary/aromatic N) is 2. The van der Waals surface area contributed by atoms with Gasteiger partial charge in [-0.3, -0.25) is 0 Å². The average Bonchev–Trinajstić information content (AvgIpc) is 3.45. The molecule has 0 amide bonds. The molecule has 0 bridgehead atoms. The molecule has 0 saturated heterocycles. The fourth-order valence-electron chi connectivity index (χ4n) is 10.6. The van der Waals surface area contributed by atoms with Gasteiger partial charge < -0.3 is 9.71 Å². The molecule has 2 aliphatic heterocycles. The van der Waals surface area contributed by atoms with E-state index < -0.39 is 0 Å². The second kappa shape index (κ2) is 13.4. The molecule has 0 fully saturated rings. The van der Waals surface area contributed by atoms with E-state index in [9.17, 15) is 0 Å². The third-order valence-corrected chi connectivity index (χ3v) is 13.9. The third-order valence-electron chi connectivity index (χ3n) is 13.9. The molecular weight excluding hydrogens is 735 g/mol. The van der Waals surface area contributed by atoms with Crippen molar-refractivity contribution < 1.29 is 0 Å². The molecule has 0 N–H and O–H groups in total. The molecular formula is C58H59BN2. The van der Waals surface area contributed by atoms with Crippen LogP contribution >= 0.6 is 0 Å². The zero-order chi connectivity index (χ0) is 43.0. The van der Waals surface area contributed by atoms with Crippen LogP contribution in [0.5, 0.6) is 0 Å². The number of rotatable bonds is 3. The highest BCUT2D eigenvalue weighted by Gasteiger charge is 2.49. The van der Waals surface area contributed by atoms with Crippen LogP contribution in [0.1, 0.15) is 110 Å². The van der Waals surface area contributed by atoms with Crippen LogP contribution in [0.25, 0.3) is 33.4 Å². The van der Waals surface area contributed by atoms with Crippen molar-refractivity contribution in [1.82, 2.24) is 0 Å². The van der Waals surface area contributed by atoms with E-state index in [1.165, 1.54) is 106 Å². The summed E-state index contributed by atoms with van der Waals surface area (Å²) in [6.45, 7) is 28.0. The molecule has 0 atom stereocenters. The van der Waals surface area contributed by atoms with Crippen LogP contribution in [-0.2, 0) is 21.7 Å². The lowest BCUT2D eigenvalue weighted by Gasteiger charge is -2.48. The van der Waals surface area contributed by atoms with Crippen molar-refractivity contribution in [2.45, 2.75) is 105 Å². The summed E-state index contributed by atoms with van der Waals surface area (Å²) in [5.41, 5.74) is 24.5. The summed E-state index contributed by atoms with van der Waals surface area (Å²) in [5.74, 6) is 0. The van der Waals surface area contributed by atoms with Gasteiger partial charge in [0.2, 0.25) is 0 Å². The predicted molar refractivity (Wildman–Crippen MR) is 264 cm³/mol. The molecule has 304 valence electrons. The lowest BCUT2D eigenvalue weighted by atomic mass is 9.42. The maximum absolute atomic E-state index is 2.69. The number of hydrogen-bond acceptors (Lipinski definition) is 2. The van der Waals surface area contributed by atoms with E-state index in [1.54, 1.807) is 0 Å². The Morgan fingerprint density at radius 2 is 1.08 bits per heavy atom. The molecule has 7 aromatic carbocycles. The van der Waals surface area contributed by atoms with Gasteiger partial charge in [-0.15, -0.1) is 0 Å². The molecule has 0 aromatic heterocycles. The van der Waals surface area contributed by atoms with Crippen LogP contribution in [0.4, 0.5) is 28.4 Å². The number of fused-ring (bicyclic) bond motifs is 8. The topological polar surface area (TPSA) is 6.48 Å². The van der Waals surface area contributed by atoms with Gasteiger partial charge >= 0.3 is 6.85 Å². The molecule has 3 aliphatic rings. The largest absolute Gasteiger partial charge is 0.376 e. The Hall–Kier alpha value is -5.80. The highest BCUT2D eigenvalue weighted by Crippen LogP contribution is 2.57. The minimum Gasteiger partial charge on any atom is -0.376 e. The molecule has 7 aromatic rings. The van der Waals surface area contributed by atoms with Crippen molar-refractivity contribution >= 4 is 46.2 Å². The number of anilines is 5. The van der Waals surface area contributed by atoms with E-state index in [0.717, 1.165) is 0 Å². The van der Waals surface area contributed by atoms with Crippen molar-refractivity contribution in [3.63, 3.8) is 0 Å². The van der Waals surface area contributed by atoms with Gasteiger partial charge in [0.15, 0.2) is 0 Å². The van der Waals surface area contributed by atoms with Gasteiger partial charge in [0.1, 0.15) is 0 Å². The number of benzene rings is 7. The van der Waals surface area contributed by atoms with Crippen LogP contribution in [0.15, 0.2) is 140 Å². The van der Waals surface area contributed by atoms with E-state index in [1.807, 2.05) is 0 Å². The quantitative estimate of drug-likeness (QED) is 0.164. The maximum Gasteiger partial charge on any atom is 0.333 e. The Balaban J connectivity index is 1.36. The summed E-state index contributed by atoms with van der Waals surface area (Å²) in [4.78, 5) is 5.38. The second-order valence-electron chi connectivity index (χ2n) is 21.6. The molecule has 2 nitrogen and oxygen atoms in total. The van der Waals surface area contributed by atoms with Gasteiger partial charge in [-0.25, -0.2) is 0 Å². The van der Waals surface area contributed by atoms with Crippen molar-refractivity contribution in [3.8, 4) is 33.4 Å². The standard InChI is InChI=1S/C58H59BN2/c1-36-32-46-43-28-24-40(57(8,9)10)35-50(43)61(41-26-22-38(23-27-41)55(2,3)4)59-48-30-29-44-42-20-16-17-21-47(42)58(11,12)52(44)54(48)60(51(33-36)53(46)59)49-31-25-39(56(5,6)7)34-45(49)37-18-14-13-15-19-37/h13-35H,1-12H3. The first-order chi connectivity index (χ1) is 28.8. The first-order valence-corrected chi connectivity index (χ1v) is 22.3. The van der Waals surface area contributed by atoms with E-state index in [4.69, 9.17) is 0 Å². The molecule has 0 radical (unpaired) electrons. The zero-order valence-corrected chi connectivity index (χ0v) is 38.3. The van der Waals surface area contributed by atoms with E-state index in [2.05, 4.69) is 232 Å². The Bertz CT molecular complexity index is 2900. The van der Waals surface area contributed by atoms with Crippen LogP contribution in [0, 0.1) is 6.92 Å². The first-order valence-electron chi connectivity index (χ1n) is 22.3. The SMILES string of the molecule is Cc1cc2c3c(c1)N(c1ccc(C(C)(C)C)cc1-c1ccccc1)c1c(ccc4c1C(C)(C)c1ccccc1-4)B3N(c1ccc(C(C)(C)C)cc1)c1cc(C(C)(C)C)ccc1-2. The fraction of sp³-hybridized carbons (Fsp3) is 0.276. The van der Waals surface area contributed by atoms with Gasteiger partial charge in [-0.05, 0) is 126 Å². The Morgan fingerprint density at radius 3 is 1.77 bits per heavy atom. The zero-order valence-electron chi connectivity index (χ0n) is 38.3. The predicted octanol–water partition coefficient (Wildman–Crippen LogP) is 14.6. The monoisotopic (exact) mass is 794 g/mol. The minimum absolute atomic E-state index is 0.0141. The third kappa shape index (κ3) is 6.05. The molecule has 10 rings (SSSR count). The summed E-state index contributed by atoms with van der Waals surface area (Å²) >= 11 is 0. The van der Waals surface area contributed by atoms with Gasteiger partial charge in [-0.2, -0.15) is 0 Å². The van der Waals surface area contributed by atoms with Crippen molar-refractivity contribution in [2.75, 3.05) is 9.71 Å². The normalized spacial score (nSPS) is 14.9. The molecule has 2 heterocycles. The second-order valence-corrected chi connectivity index (χ2v) is 21.6. The van der Waals surface area contributed by atoms with Crippen molar-refractivity contribution in [3.05, 3.63) is 173 Å². The highest BCUT2D eigenvalue weighted by atomic mass is 15.2. The van der Waals surface area contributed by atoms with Gasteiger partial charge in [-0.1, -0.05) is 179 Å². The van der Waals surface area contributed by atoms with Crippen LogP contribution in [0.3, 0.4) is 0 Å². The van der Waals surface area contributed by atoms with Crippen molar-refractivity contribution in [1.29, 1.82) is 0 Å². The Labute approximate surface area is 365 Å². The summed E-state index contributed by atoms with van der Waals surface area (Å²) in [6, 6.07) is 54.1. The average molecular weight is 795 g/mol. The molecule has 1 aliphatic carbocycles.